The van der Waals surface area contributed by atoms with Gasteiger partial charge in [0.05, 0.1) is 11.6 Å². The highest BCUT2D eigenvalue weighted by Crippen LogP contribution is 2.36. The minimum Gasteiger partial charge on any atom is -0.447 e. The van der Waals surface area contributed by atoms with Crippen molar-refractivity contribution >= 4 is 56.7 Å². The molecule has 0 aliphatic carbocycles. The number of allylic oxidation sites excluding steroid dienone is 1. The number of carbonyl (C=O) groups excluding carboxylic acids is 2. The summed E-state index contributed by atoms with van der Waals surface area (Å²) in [6.07, 6.45) is 2.87. The van der Waals surface area contributed by atoms with Gasteiger partial charge in [-0.05, 0) is 30.4 Å². The normalized spacial score (nSPS) is 14.3. The fraction of sp³-hybridized carbons (Fsp3) is 0.100. The zero-order chi connectivity index (χ0) is 18.1. The van der Waals surface area contributed by atoms with Gasteiger partial charge in [0, 0.05) is 26.2 Å². The van der Waals surface area contributed by atoms with Gasteiger partial charge in [0.1, 0.15) is 6.61 Å². The molecule has 0 spiro atoms. The van der Waals surface area contributed by atoms with Crippen LogP contribution in [0.4, 0.5) is 10.5 Å². The third kappa shape index (κ3) is 3.11. The van der Waals surface area contributed by atoms with Gasteiger partial charge >= 0.3 is 6.09 Å². The van der Waals surface area contributed by atoms with Crippen molar-refractivity contribution in [3.63, 3.8) is 0 Å². The summed E-state index contributed by atoms with van der Waals surface area (Å²) < 4.78 is 6.02. The number of nitrogens with zero attached hydrogens (tertiary/aromatic N) is 1. The first-order chi connectivity index (χ1) is 12.6. The molecule has 1 fully saturated rings. The number of thiophene rings is 1. The Kier molecular flexibility index (Phi) is 4.49. The van der Waals surface area contributed by atoms with Crippen LogP contribution in [0.1, 0.15) is 15.2 Å². The van der Waals surface area contributed by atoms with Crippen molar-refractivity contribution in [2.45, 2.75) is 0 Å². The van der Waals surface area contributed by atoms with Crippen molar-refractivity contribution < 1.29 is 14.3 Å². The summed E-state index contributed by atoms with van der Waals surface area (Å²) in [7, 11) is 0. The highest BCUT2D eigenvalue weighted by molar-refractivity contribution is 7.20. The van der Waals surface area contributed by atoms with Crippen molar-refractivity contribution in [1.29, 1.82) is 0 Å². The molecule has 4 nitrogen and oxygen atoms in total. The van der Waals surface area contributed by atoms with Gasteiger partial charge in [-0.1, -0.05) is 41.9 Å². The lowest BCUT2D eigenvalue weighted by atomic mass is 10.1. The highest BCUT2D eigenvalue weighted by Gasteiger charge is 2.23. The molecular formula is C20H14ClNO3S. The van der Waals surface area contributed by atoms with Crippen LogP contribution in [0.15, 0.2) is 54.6 Å². The van der Waals surface area contributed by atoms with E-state index in [-0.39, 0.29) is 11.9 Å². The molecule has 4 rings (SSSR count). The molecule has 0 unspecified atom stereocenters. The molecule has 0 atom stereocenters. The number of rotatable bonds is 4. The number of ketones is 1. The van der Waals surface area contributed by atoms with Crippen molar-refractivity contribution in [1.82, 2.24) is 0 Å². The zero-order valence-electron chi connectivity index (χ0n) is 13.6. The molecule has 0 bridgehead atoms. The number of anilines is 1. The highest BCUT2D eigenvalue weighted by atomic mass is 35.5. The van der Waals surface area contributed by atoms with E-state index in [9.17, 15) is 9.59 Å². The topological polar surface area (TPSA) is 46.6 Å². The SMILES string of the molecule is O=C(C=Cc1sc2ccccc2c1Cl)c1cccc(N2CCOC2=O)c1. The smallest absolute Gasteiger partial charge is 0.414 e. The second kappa shape index (κ2) is 6.94. The molecule has 0 radical (unpaired) electrons. The Hall–Kier alpha value is -2.63. The zero-order valence-corrected chi connectivity index (χ0v) is 15.2. The van der Waals surface area contributed by atoms with E-state index in [4.69, 9.17) is 16.3 Å². The van der Waals surface area contributed by atoms with E-state index in [1.807, 2.05) is 24.3 Å². The Labute approximate surface area is 159 Å². The van der Waals surface area contributed by atoms with Gasteiger partial charge in [-0.25, -0.2) is 4.79 Å². The van der Waals surface area contributed by atoms with E-state index in [0.29, 0.717) is 29.4 Å². The Morgan fingerprint density at radius 3 is 2.81 bits per heavy atom. The first-order valence-corrected chi connectivity index (χ1v) is 9.27. The third-order valence-corrected chi connectivity index (χ3v) is 5.80. The maximum absolute atomic E-state index is 12.5. The number of halogens is 1. The largest absolute Gasteiger partial charge is 0.447 e. The maximum atomic E-state index is 12.5. The van der Waals surface area contributed by atoms with E-state index < -0.39 is 0 Å². The number of hydrogen-bond donors (Lipinski definition) is 0. The summed E-state index contributed by atoms with van der Waals surface area (Å²) in [5, 5.41) is 1.64. The summed E-state index contributed by atoms with van der Waals surface area (Å²) in [5.41, 5.74) is 1.17. The Balaban J connectivity index is 1.58. The molecule has 3 aromatic rings. The molecule has 0 saturated carbocycles. The van der Waals surface area contributed by atoms with E-state index >= 15 is 0 Å². The molecule has 1 saturated heterocycles. The molecule has 6 heteroatoms. The van der Waals surface area contributed by atoms with Crippen LogP contribution >= 0.6 is 22.9 Å². The number of amides is 1. The molecule has 130 valence electrons. The molecule has 26 heavy (non-hydrogen) atoms. The quantitative estimate of drug-likeness (QED) is 0.447. The fourth-order valence-electron chi connectivity index (χ4n) is 2.84. The van der Waals surface area contributed by atoms with E-state index in [0.717, 1.165) is 15.0 Å². The molecule has 1 aromatic heterocycles. The second-order valence-electron chi connectivity index (χ2n) is 5.79. The fourth-order valence-corrected chi connectivity index (χ4v) is 4.24. The minimum atomic E-state index is -0.387. The van der Waals surface area contributed by atoms with E-state index in [1.165, 1.54) is 11.0 Å². The van der Waals surface area contributed by atoms with Crippen LogP contribution in [0, 0.1) is 0 Å². The Bertz CT molecular complexity index is 1040. The number of fused-ring (bicyclic) bond motifs is 1. The van der Waals surface area contributed by atoms with Gasteiger partial charge in [0.25, 0.3) is 0 Å². The maximum Gasteiger partial charge on any atom is 0.414 e. The average Bonchev–Trinajstić information content (AvgIpc) is 3.23. The summed E-state index contributed by atoms with van der Waals surface area (Å²) in [6, 6.07) is 14.8. The molecule has 1 aliphatic heterocycles. The van der Waals surface area contributed by atoms with Crippen LogP contribution in [0.5, 0.6) is 0 Å². The Morgan fingerprint density at radius 2 is 2.04 bits per heavy atom. The standard InChI is InChI=1S/C20H14ClNO3S/c21-19-15-6-1-2-7-17(15)26-18(19)9-8-16(23)13-4-3-5-14(12-13)22-10-11-25-20(22)24/h1-9,12H,10-11H2. The monoisotopic (exact) mass is 383 g/mol. The molecular weight excluding hydrogens is 370 g/mol. The van der Waals surface area contributed by atoms with Crippen LogP contribution in [0.25, 0.3) is 16.2 Å². The van der Waals surface area contributed by atoms with Crippen LogP contribution in [-0.4, -0.2) is 25.0 Å². The van der Waals surface area contributed by atoms with Gasteiger partial charge < -0.3 is 4.74 Å². The lowest BCUT2D eigenvalue weighted by molar-refractivity contribution is 0.104. The van der Waals surface area contributed by atoms with Crippen molar-refractivity contribution in [2.24, 2.45) is 0 Å². The number of benzene rings is 2. The molecule has 2 aromatic carbocycles. The molecule has 1 aliphatic rings. The Morgan fingerprint density at radius 1 is 1.19 bits per heavy atom. The first-order valence-electron chi connectivity index (χ1n) is 8.07. The summed E-state index contributed by atoms with van der Waals surface area (Å²) in [4.78, 5) is 26.6. The second-order valence-corrected chi connectivity index (χ2v) is 7.25. The van der Waals surface area contributed by atoms with Crippen molar-refractivity contribution in [2.75, 3.05) is 18.1 Å². The van der Waals surface area contributed by atoms with Crippen molar-refractivity contribution in [3.05, 3.63) is 70.1 Å². The lowest BCUT2D eigenvalue weighted by Crippen LogP contribution is -2.23. The van der Waals surface area contributed by atoms with E-state index in [2.05, 4.69) is 0 Å². The summed E-state index contributed by atoms with van der Waals surface area (Å²) in [6.45, 7) is 0.852. The average molecular weight is 384 g/mol. The summed E-state index contributed by atoms with van der Waals surface area (Å²) >= 11 is 7.95. The number of ether oxygens (including phenoxy) is 1. The molecule has 2 heterocycles. The van der Waals surface area contributed by atoms with E-state index in [1.54, 1.807) is 41.7 Å². The number of cyclic esters (lactones) is 1. The first kappa shape index (κ1) is 16.8. The molecule has 0 N–H and O–H groups in total. The number of hydrogen-bond acceptors (Lipinski definition) is 4. The molecule has 1 amide bonds. The van der Waals surface area contributed by atoms with Gasteiger partial charge in [0.2, 0.25) is 0 Å². The number of carbonyl (C=O) groups is 2. The van der Waals surface area contributed by atoms with Gasteiger partial charge in [-0.3, -0.25) is 9.69 Å². The lowest BCUT2D eigenvalue weighted by Gasteiger charge is -2.13. The van der Waals surface area contributed by atoms with Gasteiger partial charge in [-0.2, -0.15) is 0 Å². The van der Waals surface area contributed by atoms with Crippen molar-refractivity contribution in [3.8, 4) is 0 Å². The van der Waals surface area contributed by atoms with Crippen LogP contribution in [0.3, 0.4) is 0 Å². The predicted molar refractivity (Wildman–Crippen MR) is 105 cm³/mol. The third-order valence-electron chi connectivity index (χ3n) is 4.15. The minimum absolute atomic E-state index is 0.145. The van der Waals surface area contributed by atoms with Crippen LogP contribution in [-0.2, 0) is 4.74 Å². The van der Waals surface area contributed by atoms with Gasteiger partial charge in [-0.15, -0.1) is 11.3 Å². The predicted octanol–water partition coefficient (Wildman–Crippen LogP) is 5.41. The van der Waals surface area contributed by atoms with Crippen LogP contribution in [0.2, 0.25) is 5.02 Å². The summed E-state index contributed by atoms with van der Waals surface area (Å²) in [5.74, 6) is -0.145. The van der Waals surface area contributed by atoms with Gasteiger partial charge in [0.15, 0.2) is 5.78 Å². The van der Waals surface area contributed by atoms with Crippen LogP contribution < -0.4 is 4.90 Å².